The van der Waals surface area contributed by atoms with E-state index in [9.17, 15) is 5.26 Å². The van der Waals surface area contributed by atoms with Gasteiger partial charge < -0.3 is 4.57 Å². The molecule has 0 amide bonds. The van der Waals surface area contributed by atoms with Crippen LogP contribution in [0.5, 0.6) is 0 Å². The molecule has 0 radical (unpaired) electrons. The van der Waals surface area contributed by atoms with Gasteiger partial charge in [-0.05, 0) is 278 Å². The first-order valence-corrected chi connectivity index (χ1v) is 30.4. The molecule has 0 atom stereocenters. The summed E-state index contributed by atoms with van der Waals surface area (Å²) < 4.78 is 93.5. The summed E-state index contributed by atoms with van der Waals surface area (Å²) >= 11 is 0. The molecule has 11 aromatic carbocycles. The normalized spacial score (nSPS) is 12.5. The molecule has 0 saturated carbocycles. The van der Waals surface area contributed by atoms with Gasteiger partial charge >= 0.3 is 12.4 Å². The molecular weight excluding hydrogens is 1130 g/mol. The third-order valence-electron chi connectivity index (χ3n) is 18.6. The molecule has 13 rings (SSSR count). The minimum absolute atomic E-state index is 0.0906. The van der Waals surface area contributed by atoms with Gasteiger partial charge in [-0.2, -0.15) is 31.6 Å². The van der Waals surface area contributed by atoms with Crippen LogP contribution in [0.3, 0.4) is 0 Å². The summed E-state index contributed by atoms with van der Waals surface area (Å²) in [6, 6.07) is 58.3. The molecule has 1 aliphatic rings. The van der Waals surface area contributed by atoms with E-state index in [0.717, 1.165) is 167 Å². The Labute approximate surface area is 522 Å². The summed E-state index contributed by atoms with van der Waals surface area (Å²) in [5.74, 6) is -0.569. The average Bonchev–Trinajstić information content (AvgIpc) is 1.53. The smallest absolute Gasteiger partial charge is 0.309 e. The van der Waals surface area contributed by atoms with Crippen molar-refractivity contribution in [1.82, 2.24) is 4.57 Å². The predicted octanol–water partition coefficient (Wildman–Crippen LogP) is 23.6. The second-order valence-electron chi connectivity index (χ2n) is 25.3. The summed E-state index contributed by atoms with van der Waals surface area (Å²) in [5, 5.41) is 13.5. The van der Waals surface area contributed by atoms with Gasteiger partial charge in [-0.1, -0.05) is 131 Å². The molecular formula is C82H66F6N2. The van der Waals surface area contributed by atoms with Crippen LogP contribution in [-0.2, 0) is 12.4 Å². The van der Waals surface area contributed by atoms with Crippen molar-refractivity contribution in [3.05, 3.63) is 276 Å². The highest BCUT2D eigenvalue weighted by Gasteiger charge is 2.39. The molecule has 12 aromatic rings. The number of hydrogen-bond acceptors (Lipinski definition) is 1. The quantitative estimate of drug-likeness (QED) is 0.139. The van der Waals surface area contributed by atoms with Crippen LogP contribution in [0.1, 0.15) is 106 Å². The number of hydrogen-bond donors (Lipinski definition) is 0. The SMILES string of the molecule is Cc1cc(C)c(-c2ccc3c(c2)-c2cc(-c4c(C)cc(C)cc4C)ccc2C3c2cccc(C#N)c2-c2c(-c3cc(C(F)(F)F)cc(C(F)(F)F)c3)cccc2-n2c3ccc(-c4c(C)cc(C)cc4C)cc3c3cc(-c4c(C)cc(C)cc4C)ccc32)c(C)c1. The first-order valence-electron chi connectivity index (χ1n) is 30.4. The topological polar surface area (TPSA) is 28.7 Å². The molecule has 446 valence electrons. The van der Waals surface area contributed by atoms with Crippen molar-refractivity contribution in [2.45, 2.75) is 101 Å². The van der Waals surface area contributed by atoms with Gasteiger partial charge in [0.25, 0.3) is 0 Å². The molecule has 0 spiro atoms. The zero-order valence-electron chi connectivity index (χ0n) is 52.5. The van der Waals surface area contributed by atoms with Crippen LogP contribution in [-0.4, -0.2) is 4.57 Å². The Balaban J connectivity index is 1.16. The Morgan fingerprint density at radius 3 is 1.08 bits per heavy atom. The van der Waals surface area contributed by atoms with E-state index in [1.807, 2.05) is 18.2 Å². The van der Waals surface area contributed by atoms with E-state index in [2.05, 4.69) is 215 Å². The lowest BCUT2D eigenvalue weighted by Crippen LogP contribution is -2.11. The van der Waals surface area contributed by atoms with Crippen LogP contribution in [0, 0.1) is 94.4 Å². The number of nitrogens with zero attached hydrogens (tertiary/aromatic N) is 2. The number of benzene rings is 11. The van der Waals surface area contributed by atoms with Crippen LogP contribution in [0.15, 0.2) is 176 Å². The van der Waals surface area contributed by atoms with Gasteiger partial charge in [0.2, 0.25) is 0 Å². The maximum atomic E-state index is 15.2. The maximum absolute atomic E-state index is 15.2. The largest absolute Gasteiger partial charge is 0.416 e. The van der Waals surface area contributed by atoms with Crippen molar-refractivity contribution in [3.8, 4) is 89.6 Å². The van der Waals surface area contributed by atoms with Crippen LogP contribution < -0.4 is 0 Å². The fraction of sp³-hybridized carbons (Fsp3) is 0.183. The van der Waals surface area contributed by atoms with E-state index in [4.69, 9.17) is 0 Å². The fourth-order valence-electron chi connectivity index (χ4n) is 15.6. The maximum Gasteiger partial charge on any atom is 0.416 e. The number of halogens is 6. The number of fused-ring (bicyclic) bond motifs is 6. The van der Waals surface area contributed by atoms with E-state index in [1.165, 1.54) is 0 Å². The minimum Gasteiger partial charge on any atom is -0.309 e. The highest BCUT2D eigenvalue weighted by Crippen LogP contribution is 2.55. The second-order valence-corrected chi connectivity index (χ2v) is 25.3. The number of aryl methyl sites for hydroxylation is 12. The Bertz CT molecular complexity index is 4730. The molecule has 1 aliphatic carbocycles. The predicted molar refractivity (Wildman–Crippen MR) is 358 cm³/mol. The molecule has 0 saturated heterocycles. The van der Waals surface area contributed by atoms with Crippen molar-refractivity contribution in [2.75, 3.05) is 0 Å². The van der Waals surface area contributed by atoms with Gasteiger partial charge in [-0.3, -0.25) is 0 Å². The van der Waals surface area contributed by atoms with Gasteiger partial charge in [-0.25, -0.2) is 0 Å². The molecule has 1 aromatic heterocycles. The zero-order chi connectivity index (χ0) is 63.7. The molecule has 0 fully saturated rings. The molecule has 0 bridgehead atoms. The fourth-order valence-corrected chi connectivity index (χ4v) is 15.6. The van der Waals surface area contributed by atoms with Crippen LogP contribution in [0.2, 0.25) is 0 Å². The van der Waals surface area contributed by atoms with Gasteiger partial charge in [0.1, 0.15) is 0 Å². The lowest BCUT2D eigenvalue weighted by molar-refractivity contribution is -0.143. The van der Waals surface area contributed by atoms with Crippen molar-refractivity contribution in [3.63, 3.8) is 0 Å². The molecule has 0 N–H and O–H groups in total. The number of nitriles is 1. The first-order chi connectivity index (χ1) is 42.8. The Kier molecular flexibility index (Phi) is 14.4. The van der Waals surface area contributed by atoms with Gasteiger partial charge in [0.05, 0.1) is 39.5 Å². The summed E-state index contributed by atoms with van der Waals surface area (Å²) in [6.45, 7) is 25.3. The molecule has 90 heavy (non-hydrogen) atoms. The molecule has 0 aliphatic heterocycles. The van der Waals surface area contributed by atoms with Crippen molar-refractivity contribution in [2.24, 2.45) is 0 Å². The van der Waals surface area contributed by atoms with E-state index in [1.54, 1.807) is 18.2 Å². The highest BCUT2D eigenvalue weighted by atomic mass is 19.4. The van der Waals surface area contributed by atoms with E-state index >= 15 is 26.3 Å². The average molecular weight is 1190 g/mol. The van der Waals surface area contributed by atoms with E-state index < -0.39 is 29.4 Å². The van der Waals surface area contributed by atoms with Crippen LogP contribution >= 0.6 is 0 Å². The number of rotatable bonds is 8. The van der Waals surface area contributed by atoms with Gasteiger partial charge in [0, 0.05) is 27.8 Å². The second kappa shape index (κ2) is 21.8. The Morgan fingerprint density at radius 1 is 0.333 bits per heavy atom. The lowest BCUT2D eigenvalue weighted by atomic mass is 9.79. The number of aromatic nitrogens is 1. The molecule has 0 unspecified atom stereocenters. The molecule has 1 heterocycles. The summed E-state index contributed by atoms with van der Waals surface area (Å²) in [6.07, 6.45) is -10.3. The standard InChI is InChI=1S/C82H66F6N2/c1-43-27-47(5)74(48(6)28-43)55-19-23-64-67(37-55)68-38-56(75-49(7)29-44(2)30-50(75)8)20-24-65(68)79(64)66-17-13-15-59(42-89)78(66)80-63(60-35-61(81(83,84)85)41-62(36-60)82(86,87)88)16-14-18-73(80)90-71-25-21-57(76-51(9)31-45(3)32-52(76)10)39-69(71)70-40-58(22-26-72(70)90)77-53(11)33-46(4)34-54(77)12/h13-41,79H,1-12H3. The van der Waals surface area contributed by atoms with Gasteiger partial charge in [-0.15, -0.1) is 0 Å². The summed E-state index contributed by atoms with van der Waals surface area (Å²) in [5.41, 5.74) is 26.4. The number of alkyl halides is 6. The lowest BCUT2D eigenvalue weighted by Gasteiger charge is -2.25. The third-order valence-corrected chi connectivity index (χ3v) is 18.6. The van der Waals surface area contributed by atoms with E-state index in [0.29, 0.717) is 22.4 Å². The van der Waals surface area contributed by atoms with Crippen molar-refractivity contribution in [1.29, 1.82) is 5.26 Å². The molecule has 2 nitrogen and oxygen atoms in total. The minimum atomic E-state index is -5.14. The Hall–Kier alpha value is -9.71. The third kappa shape index (κ3) is 10.00. The van der Waals surface area contributed by atoms with Crippen molar-refractivity contribution >= 4 is 21.8 Å². The zero-order valence-corrected chi connectivity index (χ0v) is 52.5. The molecule has 8 heteroatoms. The van der Waals surface area contributed by atoms with E-state index in [-0.39, 0.29) is 22.8 Å². The van der Waals surface area contributed by atoms with Crippen LogP contribution in [0.4, 0.5) is 26.3 Å². The summed E-state index contributed by atoms with van der Waals surface area (Å²) in [7, 11) is 0. The highest BCUT2D eigenvalue weighted by molar-refractivity contribution is 6.13. The Morgan fingerprint density at radius 2 is 0.700 bits per heavy atom. The summed E-state index contributed by atoms with van der Waals surface area (Å²) in [4.78, 5) is 0. The first kappa shape index (κ1) is 59.3. The van der Waals surface area contributed by atoms with Crippen LogP contribution in [0.25, 0.3) is 105 Å². The monoisotopic (exact) mass is 1190 g/mol. The van der Waals surface area contributed by atoms with Gasteiger partial charge in [0.15, 0.2) is 0 Å². The van der Waals surface area contributed by atoms with Crippen molar-refractivity contribution < 1.29 is 26.3 Å².